The first-order chi connectivity index (χ1) is 9.11. The van der Waals surface area contributed by atoms with Crippen LogP contribution in [0.2, 0.25) is 0 Å². The van der Waals surface area contributed by atoms with Gasteiger partial charge in [-0.05, 0) is 5.92 Å². The summed E-state index contributed by atoms with van der Waals surface area (Å²) in [6.45, 7) is 2.81. The van der Waals surface area contributed by atoms with Gasteiger partial charge in [-0.2, -0.15) is 0 Å². The van der Waals surface area contributed by atoms with Crippen molar-refractivity contribution >= 4 is 23.3 Å². The fraction of sp³-hybridized carbons (Fsp3) is 0.583. The molecule has 0 saturated heterocycles. The van der Waals surface area contributed by atoms with E-state index < -0.39 is 5.97 Å². The molecule has 0 aliphatic carbocycles. The number of hydrogen-bond acceptors (Lipinski definition) is 4. The van der Waals surface area contributed by atoms with Crippen LogP contribution in [-0.4, -0.2) is 35.2 Å². The van der Waals surface area contributed by atoms with Gasteiger partial charge in [0, 0.05) is 31.3 Å². The minimum Gasteiger partial charge on any atom is -0.481 e. The molecule has 1 atom stereocenters. The third-order valence-corrected chi connectivity index (χ3v) is 3.38. The summed E-state index contributed by atoms with van der Waals surface area (Å²) in [5, 5.41) is 16.0. The summed E-state index contributed by atoms with van der Waals surface area (Å²) in [7, 11) is 0. The van der Waals surface area contributed by atoms with E-state index in [9.17, 15) is 9.59 Å². The highest BCUT2D eigenvalue weighted by Gasteiger charge is 2.12. The quantitative estimate of drug-likeness (QED) is 0.675. The molecular formula is C12H19N3O3S. The molecule has 1 heterocycles. The molecule has 1 aromatic rings. The van der Waals surface area contributed by atoms with Crippen molar-refractivity contribution in [3.63, 3.8) is 0 Å². The van der Waals surface area contributed by atoms with Gasteiger partial charge in [0.2, 0.25) is 0 Å². The minimum atomic E-state index is -0.836. The van der Waals surface area contributed by atoms with E-state index >= 15 is 0 Å². The number of carboxylic acids is 1. The SMILES string of the molecule is CCC(CNC(=O)NCCc1cscn1)CC(=O)O. The van der Waals surface area contributed by atoms with E-state index in [-0.39, 0.29) is 18.4 Å². The lowest BCUT2D eigenvalue weighted by molar-refractivity contribution is -0.138. The summed E-state index contributed by atoms with van der Waals surface area (Å²) in [4.78, 5) is 26.2. The highest BCUT2D eigenvalue weighted by Crippen LogP contribution is 2.06. The van der Waals surface area contributed by atoms with Crippen LogP contribution in [0, 0.1) is 5.92 Å². The van der Waals surface area contributed by atoms with E-state index in [0.717, 1.165) is 12.1 Å². The molecule has 0 aliphatic heterocycles. The Balaban J connectivity index is 2.14. The smallest absolute Gasteiger partial charge is 0.314 e. The second-order valence-corrected chi connectivity index (χ2v) is 4.96. The zero-order valence-corrected chi connectivity index (χ0v) is 11.7. The Hall–Kier alpha value is -1.63. The van der Waals surface area contributed by atoms with Gasteiger partial charge in [0.05, 0.1) is 11.2 Å². The van der Waals surface area contributed by atoms with Crippen molar-refractivity contribution in [3.8, 4) is 0 Å². The van der Waals surface area contributed by atoms with Gasteiger partial charge >= 0.3 is 12.0 Å². The second kappa shape index (κ2) is 8.47. The molecule has 106 valence electrons. The van der Waals surface area contributed by atoms with E-state index in [1.54, 1.807) is 5.51 Å². The molecule has 0 bridgehead atoms. The van der Waals surface area contributed by atoms with E-state index in [2.05, 4.69) is 15.6 Å². The Bertz CT molecular complexity index is 395. The molecule has 0 fully saturated rings. The highest BCUT2D eigenvalue weighted by molar-refractivity contribution is 7.07. The average Bonchev–Trinajstić information content (AvgIpc) is 2.87. The van der Waals surface area contributed by atoms with Gasteiger partial charge < -0.3 is 15.7 Å². The standard InChI is InChI=1S/C12H19N3O3S/c1-2-9(5-11(16)17)6-14-12(18)13-4-3-10-7-19-8-15-10/h7-9H,2-6H2,1H3,(H,16,17)(H2,13,14,18). The lowest BCUT2D eigenvalue weighted by Crippen LogP contribution is -2.39. The van der Waals surface area contributed by atoms with Crippen LogP contribution < -0.4 is 10.6 Å². The van der Waals surface area contributed by atoms with Crippen LogP contribution in [0.5, 0.6) is 0 Å². The van der Waals surface area contributed by atoms with E-state index in [4.69, 9.17) is 5.11 Å². The number of aromatic nitrogens is 1. The summed E-state index contributed by atoms with van der Waals surface area (Å²) in [5.41, 5.74) is 2.72. The van der Waals surface area contributed by atoms with Gasteiger partial charge in [0.1, 0.15) is 0 Å². The fourth-order valence-electron chi connectivity index (χ4n) is 1.57. The van der Waals surface area contributed by atoms with Crippen molar-refractivity contribution < 1.29 is 14.7 Å². The summed E-state index contributed by atoms with van der Waals surface area (Å²) in [6.07, 6.45) is 1.50. The molecule has 1 aromatic heterocycles. The number of hydrogen-bond donors (Lipinski definition) is 3. The summed E-state index contributed by atoms with van der Waals surface area (Å²) < 4.78 is 0. The maximum absolute atomic E-state index is 11.5. The fourth-order valence-corrected chi connectivity index (χ4v) is 2.17. The lowest BCUT2D eigenvalue weighted by Gasteiger charge is -2.13. The molecule has 1 rings (SSSR count). The Morgan fingerprint density at radius 2 is 2.26 bits per heavy atom. The monoisotopic (exact) mass is 285 g/mol. The van der Waals surface area contributed by atoms with Crippen LogP contribution in [0.4, 0.5) is 4.79 Å². The molecule has 19 heavy (non-hydrogen) atoms. The number of thiazole rings is 1. The van der Waals surface area contributed by atoms with Crippen LogP contribution >= 0.6 is 11.3 Å². The summed E-state index contributed by atoms with van der Waals surface area (Å²) in [5.74, 6) is -0.862. The van der Waals surface area contributed by atoms with Crippen molar-refractivity contribution in [2.24, 2.45) is 5.92 Å². The Kier molecular flexibility index (Phi) is 6.88. The van der Waals surface area contributed by atoms with Gasteiger partial charge in [-0.15, -0.1) is 11.3 Å². The van der Waals surface area contributed by atoms with Gasteiger partial charge in [0.25, 0.3) is 0 Å². The first-order valence-corrected chi connectivity index (χ1v) is 7.16. The number of rotatable bonds is 8. The van der Waals surface area contributed by atoms with Crippen molar-refractivity contribution in [1.29, 1.82) is 0 Å². The molecule has 3 N–H and O–H groups in total. The first-order valence-electron chi connectivity index (χ1n) is 6.22. The van der Waals surface area contributed by atoms with Gasteiger partial charge in [-0.25, -0.2) is 9.78 Å². The predicted octanol–water partition coefficient (Wildman–Crippen LogP) is 1.49. The van der Waals surface area contributed by atoms with Crippen LogP contribution in [0.3, 0.4) is 0 Å². The highest BCUT2D eigenvalue weighted by atomic mass is 32.1. The number of nitrogens with one attached hydrogen (secondary N) is 2. The van der Waals surface area contributed by atoms with Gasteiger partial charge in [0.15, 0.2) is 0 Å². The van der Waals surface area contributed by atoms with E-state index in [1.165, 1.54) is 11.3 Å². The number of carbonyl (C=O) groups excluding carboxylic acids is 1. The van der Waals surface area contributed by atoms with E-state index in [0.29, 0.717) is 19.5 Å². The molecule has 7 heteroatoms. The first kappa shape index (κ1) is 15.4. The van der Waals surface area contributed by atoms with Crippen molar-refractivity contribution in [2.45, 2.75) is 26.2 Å². The average molecular weight is 285 g/mol. The number of urea groups is 1. The zero-order valence-electron chi connectivity index (χ0n) is 10.9. The Morgan fingerprint density at radius 1 is 1.47 bits per heavy atom. The molecular weight excluding hydrogens is 266 g/mol. The number of nitrogens with zero attached hydrogens (tertiary/aromatic N) is 1. The topological polar surface area (TPSA) is 91.3 Å². The number of carboxylic acid groups (broad SMARTS) is 1. The van der Waals surface area contributed by atoms with E-state index in [1.807, 2.05) is 12.3 Å². The lowest BCUT2D eigenvalue weighted by atomic mass is 10.0. The molecule has 0 saturated carbocycles. The maximum Gasteiger partial charge on any atom is 0.314 e. The number of amides is 2. The van der Waals surface area contributed by atoms with Crippen molar-refractivity contribution in [2.75, 3.05) is 13.1 Å². The maximum atomic E-state index is 11.5. The van der Waals surface area contributed by atoms with Crippen LogP contribution in [0.1, 0.15) is 25.5 Å². The molecule has 0 radical (unpaired) electrons. The molecule has 0 aromatic carbocycles. The summed E-state index contributed by atoms with van der Waals surface area (Å²) in [6, 6.07) is -0.265. The molecule has 1 unspecified atom stereocenters. The third-order valence-electron chi connectivity index (χ3n) is 2.74. The van der Waals surface area contributed by atoms with Crippen molar-refractivity contribution in [3.05, 3.63) is 16.6 Å². The normalized spacial score (nSPS) is 11.8. The molecule has 6 nitrogen and oxygen atoms in total. The molecule has 2 amide bonds. The van der Waals surface area contributed by atoms with Crippen LogP contribution in [0.15, 0.2) is 10.9 Å². The summed E-state index contributed by atoms with van der Waals surface area (Å²) >= 11 is 1.53. The third kappa shape index (κ3) is 6.76. The Labute approximate surface area is 116 Å². The molecule has 0 aliphatic rings. The zero-order chi connectivity index (χ0) is 14.1. The van der Waals surface area contributed by atoms with Gasteiger partial charge in [-0.3, -0.25) is 4.79 Å². The van der Waals surface area contributed by atoms with Crippen LogP contribution in [-0.2, 0) is 11.2 Å². The largest absolute Gasteiger partial charge is 0.481 e. The minimum absolute atomic E-state index is 0.0261. The predicted molar refractivity (Wildman–Crippen MR) is 73.3 cm³/mol. The number of carbonyl (C=O) groups is 2. The number of aliphatic carboxylic acids is 1. The van der Waals surface area contributed by atoms with Crippen molar-refractivity contribution in [1.82, 2.24) is 15.6 Å². The second-order valence-electron chi connectivity index (χ2n) is 4.24. The molecule has 0 spiro atoms. The van der Waals surface area contributed by atoms with Crippen LogP contribution in [0.25, 0.3) is 0 Å². The Morgan fingerprint density at radius 3 is 2.84 bits per heavy atom. The van der Waals surface area contributed by atoms with Gasteiger partial charge in [-0.1, -0.05) is 13.3 Å².